The van der Waals surface area contributed by atoms with Crippen molar-refractivity contribution in [2.75, 3.05) is 12.3 Å². The number of hydrogen-bond donors (Lipinski definition) is 1. The summed E-state index contributed by atoms with van der Waals surface area (Å²) in [6.07, 6.45) is 7.92. The minimum atomic E-state index is 0.242. The molecule has 5 heteroatoms. The Balaban J connectivity index is 1.98. The van der Waals surface area contributed by atoms with E-state index in [1.54, 1.807) is 0 Å². The van der Waals surface area contributed by atoms with Gasteiger partial charge in [0, 0.05) is 0 Å². The fourth-order valence-electron chi connectivity index (χ4n) is 1.90. The molecule has 0 aliphatic heterocycles. The molecule has 1 heterocycles. The van der Waals surface area contributed by atoms with Gasteiger partial charge in [0.05, 0.1) is 6.61 Å². The third-order valence-corrected chi connectivity index (χ3v) is 3.45. The monoisotopic (exact) mass is 253 g/mol. The maximum Gasteiger partial charge on any atom is 0.241 e. The SMILES string of the molecule is CC1CC=CCC1COc1ncnc(Cl)c1N. The first-order valence-corrected chi connectivity index (χ1v) is 6.10. The maximum absolute atomic E-state index is 5.80. The van der Waals surface area contributed by atoms with Gasteiger partial charge in [-0.2, -0.15) is 4.98 Å². The van der Waals surface area contributed by atoms with Gasteiger partial charge in [-0.05, 0) is 24.7 Å². The zero-order chi connectivity index (χ0) is 12.3. The van der Waals surface area contributed by atoms with Gasteiger partial charge in [0.1, 0.15) is 12.0 Å². The zero-order valence-corrected chi connectivity index (χ0v) is 10.5. The van der Waals surface area contributed by atoms with Crippen molar-refractivity contribution in [1.29, 1.82) is 0 Å². The Bertz CT molecular complexity index is 422. The number of rotatable bonds is 3. The van der Waals surface area contributed by atoms with Crippen molar-refractivity contribution in [3.8, 4) is 5.88 Å². The highest BCUT2D eigenvalue weighted by molar-refractivity contribution is 6.32. The lowest BCUT2D eigenvalue weighted by atomic mass is 9.85. The molecule has 17 heavy (non-hydrogen) atoms. The van der Waals surface area contributed by atoms with Crippen LogP contribution in [0.2, 0.25) is 5.15 Å². The Morgan fingerprint density at radius 1 is 1.41 bits per heavy atom. The molecule has 92 valence electrons. The van der Waals surface area contributed by atoms with E-state index < -0.39 is 0 Å². The van der Waals surface area contributed by atoms with Gasteiger partial charge in [0.2, 0.25) is 5.88 Å². The van der Waals surface area contributed by atoms with Crippen molar-refractivity contribution in [1.82, 2.24) is 9.97 Å². The van der Waals surface area contributed by atoms with E-state index in [1.807, 2.05) is 0 Å². The van der Waals surface area contributed by atoms with E-state index >= 15 is 0 Å². The minimum absolute atomic E-state index is 0.242. The number of nitrogen functional groups attached to an aromatic ring is 1. The molecule has 0 aromatic carbocycles. The second kappa shape index (κ2) is 5.36. The first-order chi connectivity index (χ1) is 8.18. The summed E-state index contributed by atoms with van der Waals surface area (Å²) in [5.41, 5.74) is 6.05. The van der Waals surface area contributed by atoms with Gasteiger partial charge in [-0.1, -0.05) is 30.7 Å². The van der Waals surface area contributed by atoms with Crippen LogP contribution < -0.4 is 10.5 Å². The Hall–Kier alpha value is -1.29. The fourth-order valence-corrected chi connectivity index (χ4v) is 2.02. The average molecular weight is 254 g/mol. The van der Waals surface area contributed by atoms with Crippen LogP contribution in [0, 0.1) is 11.8 Å². The third kappa shape index (κ3) is 2.88. The molecule has 4 nitrogen and oxygen atoms in total. The van der Waals surface area contributed by atoms with Gasteiger partial charge in [0.25, 0.3) is 0 Å². The Labute approximate surface area is 106 Å². The number of nitrogens with two attached hydrogens (primary N) is 1. The van der Waals surface area contributed by atoms with Crippen molar-refractivity contribution in [3.05, 3.63) is 23.6 Å². The molecule has 1 aliphatic carbocycles. The molecule has 0 spiro atoms. The average Bonchev–Trinajstić information content (AvgIpc) is 2.33. The number of nitrogens with zero attached hydrogens (tertiary/aromatic N) is 2. The molecule has 2 rings (SSSR count). The predicted octanol–water partition coefficient (Wildman–Crippen LogP) is 2.69. The Morgan fingerprint density at radius 2 is 2.18 bits per heavy atom. The molecule has 1 aliphatic rings. The largest absolute Gasteiger partial charge is 0.476 e. The van der Waals surface area contributed by atoms with E-state index in [2.05, 4.69) is 29.0 Å². The van der Waals surface area contributed by atoms with Crippen LogP contribution in [0.25, 0.3) is 0 Å². The van der Waals surface area contributed by atoms with Gasteiger partial charge in [-0.3, -0.25) is 0 Å². The zero-order valence-electron chi connectivity index (χ0n) is 9.77. The van der Waals surface area contributed by atoms with Crippen LogP contribution in [0.15, 0.2) is 18.5 Å². The summed E-state index contributed by atoms with van der Waals surface area (Å²) in [5, 5.41) is 0.242. The molecule has 0 bridgehead atoms. The summed E-state index contributed by atoms with van der Waals surface area (Å²) in [4.78, 5) is 7.77. The van der Waals surface area contributed by atoms with E-state index in [9.17, 15) is 0 Å². The van der Waals surface area contributed by atoms with Crippen LogP contribution in [0.4, 0.5) is 5.69 Å². The van der Waals surface area contributed by atoms with Crippen molar-refractivity contribution in [3.63, 3.8) is 0 Å². The molecule has 0 radical (unpaired) electrons. The maximum atomic E-state index is 5.80. The molecular formula is C12H16ClN3O. The normalized spacial score (nSPS) is 23.6. The van der Waals surface area contributed by atoms with Crippen molar-refractivity contribution < 1.29 is 4.74 Å². The van der Waals surface area contributed by atoms with Gasteiger partial charge >= 0.3 is 0 Å². The summed E-state index contributed by atoms with van der Waals surface area (Å²) in [7, 11) is 0. The lowest BCUT2D eigenvalue weighted by Gasteiger charge is -2.25. The Morgan fingerprint density at radius 3 is 2.94 bits per heavy atom. The molecule has 2 atom stereocenters. The number of hydrogen-bond acceptors (Lipinski definition) is 4. The van der Waals surface area contributed by atoms with E-state index in [1.165, 1.54) is 6.33 Å². The highest BCUT2D eigenvalue weighted by atomic mass is 35.5. The van der Waals surface area contributed by atoms with Gasteiger partial charge in [-0.25, -0.2) is 4.98 Å². The van der Waals surface area contributed by atoms with Crippen LogP contribution in [-0.4, -0.2) is 16.6 Å². The van der Waals surface area contributed by atoms with Crippen molar-refractivity contribution >= 4 is 17.3 Å². The van der Waals surface area contributed by atoms with Gasteiger partial charge in [-0.15, -0.1) is 0 Å². The highest BCUT2D eigenvalue weighted by Gasteiger charge is 2.19. The molecule has 0 saturated heterocycles. The summed E-state index contributed by atoms with van der Waals surface area (Å²) < 4.78 is 5.63. The van der Waals surface area contributed by atoms with Crippen LogP contribution in [0.5, 0.6) is 5.88 Å². The Kier molecular flexibility index (Phi) is 3.84. The van der Waals surface area contributed by atoms with Crippen LogP contribution in [0.3, 0.4) is 0 Å². The standard InChI is InChI=1S/C12H16ClN3O/c1-8-4-2-3-5-9(8)6-17-12-10(14)11(13)15-7-16-12/h2-3,7-9H,4-6,14H2,1H3. The number of halogens is 1. The molecule has 1 aromatic heterocycles. The smallest absolute Gasteiger partial charge is 0.241 e. The van der Waals surface area contributed by atoms with E-state index in [4.69, 9.17) is 22.1 Å². The lowest BCUT2D eigenvalue weighted by molar-refractivity contribution is 0.193. The molecule has 1 aromatic rings. The lowest BCUT2D eigenvalue weighted by Crippen LogP contribution is -2.21. The molecule has 0 amide bonds. The van der Waals surface area contributed by atoms with Crippen LogP contribution >= 0.6 is 11.6 Å². The number of anilines is 1. The number of aromatic nitrogens is 2. The highest BCUT2D eigenvalue weighted by Crippen LogP contribution is 2.28. The summed E-state index contributed by atoms with van der Waals surface area (Å²) in [5.74, 6) is 1.51. The summed E-state index contributed by atoms with van der Waals surface area (Å²) >= 11 is 5.80. The van der Waals surface area contributed by atoms with Gasteiger partial charge < -0.3 is 10.5 Å². The van der Waals surface area contributed by atoms with Crippen molar-refractivity contribution in [2.24, 2.45) is 11.8 Å². The fraction of sp³-hybridized carbons (Fsp3) is 0.500. The third-order valence-electron chi connectivity index (χ3n) is 3.15. The number of ether oxygens (including phenoxy) is 1. The van der Waals surface area contributed by atoms with E-state index in [0.717, 1.165) is 12.8 Å². The topological polar surface area (TPSA) is 61.0 Å². The van der Waals surface area contributed by atoms with Gasteiger partial charge in [0.15, 0.2) is 5.15 Å². The summed E-state index contributed by atoms with van der Waals surface area (Å²) in [6, 6.07) is 0. The quantitative estimate of drug-likeness (QED) is 0.665. The molecule has 0 saturated carbocycles. The van der Waals surface area contributed by atoms with E-state index in [0.29, 0.717) is 30.0 Å². The first kappa shape index (κ1) is 12.2. The second-order valence-corrected chi connectivity index (χ2v) is 4.73. The van der Waals surface area contributed by atoms with E-state index in [-0.39, 0.29) is 5.15 Å². The molecule has 2 N–H and O–H groups in total. The van der Waals surface area contributed by atoms with Crippen LogP contribution in [-0.2, 0) is 0 Å². The van der Waals surface area contributed by atoms with Crippen molar-refractivity contribution in [2.45, 2.75) is 19.8 Å². The van der Waals surface area contributed by atoms with Crippen LogP contribution in [0.1, 0.15) is 19.8 Å². The molecule has 0 fully saturated rings. The molecular weight excluding hydrogens is 238 g/mol. The predicted molar refractivity (Wildman–Crippen MR) is 68.0 cm³/mol. The summed E-state index contributed by atoms with van der Waals surface area (Å²) in [6.45, 7) is 2.84. The molecule has 2 unspecified atom stereocenters. The first-order valence-electron chi connectivity index (χ1n) is 5.72. The second-order valence-electron chi connectivity index (χ2n) is 4.37. The minimum Gasteiger partial charge on any atom is -0.476 e. The number of allylic oxidation sites excluding steroid dienone is 2.